The highest BCUT2D eigenvalue weighted by molar-refractivity contribution is 5.85. The molecule has 0 heterocycles. The minimum atomic E-state index is -1.02. The third kappa shape index (κ3) is 4.09. The van der Waals surface area contributed by atoms with Gasteiger partial charge in [0.15, 0.2) is 6.04 Å². The Morgan fingerprint density at radius 2 is 1.68 bits per heavy atom. The molecule has 1 aromatic rings. The molecule has 1 atom stereocenters. The van der Waals surface area contributed by atoms with E-state index in [0.717, 1.165) is 25.7 Å². The molecule has 0 spiro atoms. The summed E-state index contributed by atoms with van der Waals surface area (Å²) in [5.74, 6) is 0.142. The molecule has 1 saturated carbocycles. The van der Waals surface area contributed by atoms with Crippen molar-refractivity contribution >= 4 is 11.9 Å². The molecule has 0 radical (unpaired) electrons. The summed E-state index contributed by atoms with van der Waals surface area (Å²) >= 11 is 0. The van der Waals surface area contributed by atoms with E-state index in [-0.39, 0.29) is 11.8 Å². The van der Waals surface area contributed by atoms with E-state index in [0.29, 0.717) is 17.4 Å². The molecule has 4 heteroatoms. The summed E-state index contributed by atoms with van der Waals surface area (Å²) < 4.78 is 0. The Morgan fingerprint density at radius 1 is 1.09 bits per heavy atom. The summed E-state index contributed by atoms with van der Waals surface area (Å²) in [6.07, 6.45) is 3.82. The molecule has 1 amide bonds. The maximum atomic E-state index is 12.4. The number of amides is 1. The molecule has 0 unspecified atom stereocenters. The summed E-state index contributed by atoms with van der Waals surface area (Å²) in [6.45, 7) is 4.45. The van der Waals surface area contributed by atoms with Gasteiger partial charge in [0, 0.05) is 5.92 Å². The van der Waals surface area contributed by atoms with Gasteiger partial charge in [0.1, 0.15) is 0 Å². The lowest BCUT2D eigenvalue weighted by Crippen LogP contribution is -2.39. The van der Waals surface area contributed by atoms with Gasteiger partial charge in [-0.05, 0) is 43.1 Å². The van der Waals surface area contributed by atoms with Crippen molar-refractivity contribution < 1.29 is 14.7 Å². The number of carbonyl (C=O) groups excluding carboxylic acids is 1. The highest BCUT2D eigenvalue weighted by Crippen LogP contribution is 2.33. The van der Waals surface area contributed by atoms with Crippen LogP contribution in [0.3, 0.4) is 0 Å². The third-order valence-corrected chi connectivity index (χ3v) is 4.75. The number of hydrogen-bond donors (Lipinski definition) is 2. The predicted molar refractivity (Wildman–Crippen MR) is 85.2 cm³/mol. The fourth-order valence-electron chi connectivity index (χ4n) is 3.24. The molecule has 1 aliphatic rings. The van der Waals surface area contributed by atoms with E-state index in [1.54, 1.807) is 24.3 Å². The van der Waals surface area contributed by atoms with E-state index >= 15 is 0 Å². The molecule has 2 N–H and O–H groups in total. The van der Waals surface area contributed by atoms with Crippen LogP contribution in [0.15, 0.2) is 30.3 Å². The summed E-state index contributed by atoms with van der Waals surface area (Å²) in [5, 5.41) is 12.1. The van der Waals surface area contributed by atoms with E-state index < -0.39 is 12.0 Å². The lowest BCUT2D eigenvalue weighted by atomic mass is 9.76. The van der Waals surface area contributed by atoms with E-state index in [2.05, 4.69) is 19.2 Å². The second-order valence-electron chi connectivity index (χ2n) is 6.55. The van der Waals surface area contributed by atoms with Gasteiger partial charge in [-0.25, -0.2) is 4.79 Å². The van der Waals surface area contributed by atoms with Crippen LogP contribution in [0.25, 0.3) is 0 Å². The number of carbonyl (C=O) groups is 2. The predicted octanol–water partition coefficient (Wildman–Crippen LogP) is 3.39. The van der Waals surface area contributed by atoms with Crippen LogP contribution >= 0.6 is 0 Å². The van der Waals surface area contributed by atoms with Gasteiger partial charge in [-0.15, -0.1) is 0 Å². The van der Waals surface area contributed by atoms with Crippen molar-refractivity contribution in [3.8, 4) is 0 Å². The molecule has 4 nitrogen and oxygen atoms in total. The summed E-state index contributed by atoms with van der Waals surface area (Å²) in [4.78, 5) is 23.8. The first-order chi connectivity index (χ1) is 10.5. The lowest BCUT2D eigenvalue weighted by Gasteiger charge is -2.30. The van der Waals surface area contributed by atoms with Crippen LogP contribution in [0, 0.1) is 17.8 Å². The van der Waals surface area contributed by atoms with Gasteiger partial charge in [0.2, 0.25) is 5.91 Å². The molecule has 1 fully saturated rings. The van der Waals surface area contributed by atoms with Crippen LogP contribution in [0.5, 0.6) is 0 Å². The monoisotopic (exact) mass is 303 g/mol. The zero-order chi connectivity index (χ0) is 16.1. The number of carboxylic acids is 1. The number of nitrogens with one attached hydrogen (secondary N) is 1. The molecule has 2 rings (SSSR count). The largest absolute Gasteiger partial charge is 0.479 e. The Kier molecular flexibility index (Phi) is 5.58. The quantitative estimate of drug-likeness (QED) is 0.876. The molecule has 0 aromatic heterocycles. The highest BCUT2D eigenvalue weighted by Gasteiger charge is 2.30. The van der Waals surface area contributed by atoms with E-state index in [1.807, 2.05) is 6.07 Å². The minimum Gasteiger partial charge on any atom is -0.479 e. The zero-order valence-electron chi connectivity index (χ0n) is 13.3. The standard InChI is InChI=1S/C18H25NO3/c1-12(2)13-8-10-15(11-9-13)17(20)19-16(18(21)22)14-6-4-3-5-7-14/h3-7,12-13,15-16H,8-11H2,1-2H3,(H,19,20)(H,21,22)/t13?,15?,16-/m1/s1. The zero-order valence-corrected chi connectivity index (χ0v) is 13.3. The number of aliphatic carboxylic acids is 1. The van der Waals surface area contributed by atoms with Crippen LogP contribution in [0.4, 0.5) is 0 Å². The maximum absolute atomic E-state index is 12.4. The van der Waals surface area contributed by atoms with Crippen LogP contribution < -0.4 is 5.32 Å². The van der Waals surface area contributed by atoms with Crippen molar-refractivity contribution in [1.29, 1.82) is 0 Å². The first kappa shape index (κ1) is 16.5. The lowest BCUT2D eigenvalue weighted by molar-refractivity contribution is -0.143. The van der Waals surface area contributed by atoms with Crippen molar-refractivity contribution in [3.63, 3.8) is 0 Å². The van der Waals surface area contributed by atoms with Crippen LogP contribution in [-0.2, 0) is 9.59 Å². The van der Waals surface area contributed by atoms with E-state index in [1.165, 1.54) is 0 Å². The van der Waals surface area contributed by atoms with Gasteiger partial charge < -0.3 is 10.4 Å². The molecule has 22 heavy (non-hydrogen) atoms. The minimum absolute atomic E-state index is 0.0550. The molecule has 0 saturated heterocycles. The van der Waals surface area contributed by atoms with Gasteiger partial charge in [-0.1, -0.05) is 44.2 Å². The summed E-state index contributed by atoms with van der Waals surface area (Å²) in [7, 11) is 0. The Morgan fingerprint density at radius 3 is 2.18 bits per heavy atom. The van der Waals surface area contributed by atoms with Crippen molar-refractivity contribution in [2.75, 3.05) is 0 Å². The van der Waals surface area contributed by atoms with Gasteiger partial charge in [0.25, 0.3) is 0 Å². The van der Waals surface area contributed by atoms with Gasteiger partial charge in [-0.2, -0.15) is 0 Å². The SMILES string of the molecule is CC(C)C1CCC(C(=O)N[C@@H](C(=O)O)c2ccccc2)CC1. The fraction of sp³-hybridized carbons (Fsp3) is 0.556. The average molecular weight is 303 g/mol. The number of hydrogen-bond acceptors (Lipinski definition) is 2. The normalized spacial score (nSPS) is 23.0. The Bertz CT molecular complexity index is 504. The molecule has 1 aliphatic carbocycles. The first-order valence-corrected chi connectivity index (χ1v) is 8.07. The summed E-state index contributed by atoms with van der Waals surface area (Å²) in [6, 6.07) is 7.90. The van der Waals surface area contributed by atoms with Crippen LogP contribution in [0.2, 0.25) is 0 Å². The third-order valence-electron chi connectivity index (χ3n) is 4.75. The second kappa shape index (κ2) is 7.43. The van der Waals surface area contributed by atoms with Gasteiger partial charge in [0.05, 0.1) is 0 Å². The Labute approximate surface area is 131 Å². The van der Waals surface area contributed by atoms with Gasteiger partial charge >= 0.3 is 5.97 Å². The number of carboxylic acid groups (broad SMARTS) is 1. The molecule has 0 bridgehead atoms. The van der Waals surface area contributed by atoms with Gasteiger partial charge in [-0.3, -0.25) is 4.79 Å². The van der Waals surface area contributed by atoms with E-state index in [4.69, 9.17) is 0 Å². The summed E-state index contributed by atoms with van der Waals surface area (Å²) in [5.41, 5.74) is 0.610. The van der Waals surface area contributed by atoms with E-state index in [9.17, 15) is 14.7 Å². The average Bonchev–Trinajstić information content (AvgIpc) is 2.53. The van der Waals surface area contributed by atoms with Crippen molar-refractivity contribution in [2.45, 2.75) is 45.6 Å². The molecule has 1 aromatic carbocycles. The molecular weight excluding hydrogens is 278 g/mol. The number of rotatable bonds is 5. The Hall–Kier alpha value is -1.84. The number of benzene rings is 1. The smallest absolute Gasteiger partial charge is 0.330 e. The molecular formula is C18H25NO3. The first-order valence-electron chi connectivity index (χ1n) is 8.07. The van der Waals surface area contributed by atoms with Crippen LogP contribution in [-0.4, -0.2) is 17.0 Å². The topological polar surface area (TPSA) is 66.4 Å². The maximum Gasteiger partial charge on any atom is 0.330 e. The highest BCUT2D eigenvalue weighted by atomic mass is 16.4. The van der Waals surface area contributed by atoms with Crippen LogP contribution in [0.1, 0.15) is 51.1 Å². The fourth-order valence-corrected chi connectivity index (χ4v) is 3.24. The molecule has 0 aliphatic heterocycles. The van der Waals surface area contributed by atoms with Crippen molar-refractivity contribution in [1.82, 2.24) is 5.32 Å². The Balaban J connectivity index is 1.97. The molecule has 120 valence electrons. The van der Waals surface area contributed by atoms with Crippen molar-refractivity contribution in [3.05, 3.63) is 35.9 Å². The van der Waals surface area contributed by atoms with Crippen molar-refractivity contribution in [2.24, 2.45) is 17.8 Å². The second-order valence-corrected chi connectivity index (χ2v) is 6.55.